The molecule has 78 valence electrons. The Bertz CT molecular complexity index is 124. The molecule has 0 aromatic carbocycles. The molecule has 0 radical (unpaired) electrons. The normalized spacial score (nSPS) is 32.3. The van der Waals surface area contributed by atoms with Gasteiger partial charge in [-0.15, -0.1) is 0 Å². The van der Waals surface area contributed by atoms with Gasteiger partial charge in [-0.3, -0.25) is 0 Å². The fourth-order valence-electron chi connectivity index (χ4n) is 1.86. The molecule has 13 heavy (non-hydrogen) atoms. The van der Waals surface area contributed by atoms with E-state index in [1.54, 1.807) is 0 Å². The molecule has 0 aliphatic carbocycles. The molecule has 2 bridgehead atoms. The molecule has 3 rings (SSSR count). The van der Waals surface area contributed by atoms with Crippen LogP contribution in [0.1, 0.15) is 19.3 Å². The second-order valence-corrected chi connectivity index (χ2v) is 3.57. The molecule has 0 amide bonds. The van der Waals surface area contributed by atoms with Crippen LogP contribution >= 0.6 is 0 Å². The Labute approximate surface area is 75.2 Å². The molecular formula is C7H13BF4N-. The molecule has 3 fully saturated rings. The second-order valence-electron chi connectivity index (χ2n) is 3.57. The van der Waals surface area contributed by atoms with Crippen LogP contribution < -0.4 is 0 Å². The van der Waals surface area contributed by atoms with Crippen molar-refractivity contribution in [1.29, 1.82) is 0 Å². The van der Waals surface area contributed by atoms with E-state index >= 15 is 0 Å². The zero-order valence-electron chi connectivity index (χ0n) is 7.36. The molecule has 0 unspecified atom stereocenters. The third-order valence-electron chi connectivity index (χ3n) is 2.56. The Balaban J connectivity index is 0.000000149. The first-order valence-electron chi connectivity index (χ1n) is 4.55. The van der Waals surface area contributed by atoms with E-state index in [2.05, 4.69) is 4.90 Å². The molecule has 0 N–H and O–H groups in total. The first-order valence-corrected chi connectivity index (χ1v) is 4.55. The highest BCUT2D eigenvalue weighted by Gasteiger charge is 2.24. The standard InChI is InChI=1S/C7H13N.BF4/c1-4-8-5-2-7(1)3-6-8;2-1(3,4)5/h7H,1-6H2;/q;-1. The zero-order valence-corrected chi connectivity index (χ0v) is 7.36. The fraction of sp³-hybridized carbons (Fsp3) is 1.00. The number of nitrogens with zero attached hydrogens (tertiary/aromatic N) is 1. The predicted molar refractivity (Wildman–Crippen MR) is 44.0 cm³/mol. The van der Waals surface area contributed by atoms with Crippen LogP contribution in [0, 0.1) is 5.92 Å². The molecule has 0 aromatic rings. The van der Waals surface area contributed by atoms with Crippen molar-refractivity contribution in [3.8, 4) is 0 Å². The molecular weight excluding hydrogens is 185 g/mol. The van der Waals surface area contributed by atoms with Gasteiger partial charge in [0.15, 0.2) is 0 Å². The van der Waals surface area contributed by atoms with Crippen molar-refractivity contribution in [2.24, 2.45) is 5.92 Å². The predicted octanol–water partition coefficient (Wildman–Crippen LogP) is 2.40. The molecule has 6 heteroatoms. The van der Waals surface area contributed by atoms with E-state index in [4.69, 9.17) is 0 Å². The van der Waals surface area contributed by atoms with Crippen molar-refractivity contribution >= 4 is 7.25 Å². The quantitative estimate of drug-likeness (QED) is 0.426. The van der Waals surface area contributed by atoms with E-state index in [1.165, 1.54) is 38.9 Å². The lowest BCUT2D eigenvalue weighted by molar-refractivity contribution is 0.111. The average Bonchev–Trinajstić information content (AvgIpc) is 2.05. The van der Waals surface area contributed by atoms with Gasteiger partial charge in [0.2, 0.25) is 0 Å². The number of hydrogen-bond acceptors (Lipinski definition) is 1. The van der Waals surface area contributed by atoms with Crippen LogP contribution in [0.3, 0.4) is 0 Å². The highest BCUT2D eigenvalue weighted by Crippen LogP contribution is 2.26. The summed E-state index contributed by atoms with van der Waals surface area (Å²) in [6.07, 6.45) is 4.46. The molecule has 0 saturated carbocycles. The molecule has 0 atom stereocenters. The third-order valence-corrected chi connectivity index (χ3v) is 2.56. The van der Waals surface area contributed by atoms with E-state index in [0.29, 0.717) is 0 Å². The first kappa shape index (κ1) is 10.8. The summed E-state index contributed by atoms with van der Waals surface area (Å²) < 4.78 is 39.0. The highest BCUT2D eigenvalue weighted by atomic mass is 19.5. The van der Waals surface area contributed by atoms with Gasteiger partial charge in [-0.2, -0.15) is 0 Å². The smallest absolute Gasteiger partial charge is 0.418 e. The summed E-state index contributed by atoms with van der Waals surface area (Å²) in [5.74, 6) is 1.11. The van der Waals surface area contributed by atoms with Gasteiger partial charge in [0.05, 0.1) is 0 Å². The summed E-state index contributed by atoms with van der Waals surface area (Å²) in [5.41, 5.74) is 0. The maximum Gasteiger partial charge on any atom is 0.673 e. The van der Waals surface area contributed by atoms with E-state index in [1.807, 2.05) is 0 Å². The van der Waals surface area contributed by atoms with E-state index < -0.39 is 7.25 Å². The maximum atomic E-state index is 9.75. The van der Waals surface area contributed by atoms with Crippen molar-refractivity contribution in [2.45, 2.75) is 19.3 Å². The molecule has 1 nitrogen and oxygen atoms in total. The summed E-state index contributed by atoms with van der Waals surface area (Å²) in [7, 11) is -6.00. The fourth-order valence-corrected chi connectivity index (χ4v) is 1.86. The van der Waals surface area contributed by atoms with Crippen LogP contribution in [0.25, 0.3) is 0 Å². The van der Waals surface area contributed by atoms with Crippen molar-refractivity contribution in [3.63, 3.8) is 0 Å². The third kappa shape index (κ3) is 5.13. The van der Waals surface area contributed by atoms with Crippen molar-refractivity contribution in [3.05, 3.63) is 0 Å². The van der Waals surface area contributed by atoms with Crippen LogP contribution in [0.15, 0.2) is 0 Å². The Kier molecular flexibility index (Phi) is 3.59. The Morgan fingerprint density at radius 3 is 1.23 bits per heavy atom. The molecule has 3 aliphatic heterocycles. The second kappa shape index (κ2) is 4.31. The number of halogens is 4. The number of rotatable bonds is 0. The van der Waals surface area contributed by atoms with Crippen LogP contribution in [0.2, 0.25) is 0 Å². The molecule has 0 aromatic heterocycles. The van der Waals surface area contributed by atoms with Gasteiger partial charge in [0.1, 0.15) is 0 Å². The van der Waals surface area contributed by atoms with Gasteiger partial charge in [-0.25, -0.2) is 0 Å². The summed E-state index contributed by atoms with van der Waals surface area (Å²) in [4.78, 5) is 2.58. The summed E-state index contributed by atoms with van der Waals surface area (Å²) in [6.45, 7) is 4.18. The maximum absolute atomic E-state index is 9.75. The Hall–Kier alpha value is -0.255. The van der Waals surface area contributed by atoms with Gasteiger partial charge in [-0.1, -0.05) is 0 Å². The van der Waals surface area contributed by atoms with E-state index in [-0.39, 0.29) is 0 Å². The topological polar surface area (TPSA) is 3.24 Å². The van der Waals surface area contributed by atoms with Gasteiger partial charge >= 0.3 is 7.25 Å². The summed E-state index contributed by atoms with van der Waals surface area (Å²) in [6, 6.07) is 0. The van der Waals surface area contributed by atoms with Crippen molar-refractivity contribution in [1.82, 2.24) is 4.90 Å². The minimum Gasteiger partial charge on any atom is -0.418 e. The largest absolute Gasteiger partial charge is 0.673 e. The van der Waals surface area contributed by atoms with E-state index in [9.17, 15) is 17.3 Å². The number of piperidine rings is 3. The lowest BCUT2D eigenvalue weighted by Gasteiger charge is -2.38. The molecule has 3 saturated heterocycles. The average molecular weight is 198 g/mol. The Morgan fingerprint density at radius 1 is 0.846 bits per heavy atom. The van der Waals surface area contributed by atoms with Crippen molar-refractivity contribution < 1.29 is 17.3 Å². The van der Waals surface area contributed by atoms with Crippen LogP contribution in [-0.2, 0) is 0 Å². The lowest BCUT2D eigenvalue weighted by Crippen LogP contribution is -2.41. The van der Waals surface area contributed by atoms with Crippen LogP contribution in [-0.4, -0.2) is 31.8 Å². The molecule has 3 heterocycles. The SMILES string of the molecule is C1CN2CCC1CC2.F[B-](F)(F)F. The minimum absolute atomic E-state index is 1.11. The summed E-state index contributed by atoms with van der Waals surface area (Å²) in [5, 5.41) is 0. The first-order chi connectivity index (χ1) is 5.95. The van der Waals surface area contributed by atoms with Gasteiger partial charge < -0.3 is 22.2 Å². The number of fused-ring (bicyclic) bond motifs is 3. The molecule has 3 aliphatic rings. The summed E-state index contributed by atoms with van der Waals surface area (Å²) >= 11 is 0. The number of hydrogen-bond donors (Lipinski definition) is 0. The monoisotopic (exact) mass is 198 g/mol. The minimum atomic E-state index is -6.00. The van der Waals surface area contributed by atoms with E-state index in [0.717, 1.165) is 5.92 Å². The van der Waals surface area contributed by atoms with Crippen LogP contribution in [0.5, 0.6) is 0 Å². The lowest BCUT2D eigenvalue weighted by atomic mass is 9.89. The van der Waals surface area contributed by atoms with Crippen molar-refractivity contribution in [2.75, 3.05) is 19.6 Å². The molecule has 0 spiro atoms. The van der Waals surface area contributed by atoms with Gasteiger partial charge in [-0.05, 0) is 44.8 Å². The van der Waals surface area contributed by atoms with Gasteiger partial charge in [0, 0.05) is 0 Å². The highest BCUT2D eigenvalue weighted by molar-refractivity contribution is 6.50. The zero-order chi connectivity index (χ0) is 9.90. The van der Waals surface area contributed by atoms with Gasteiger partial charge in [0.25, 0.3) is 0 Å². The Morgan fingerprint density at radius 2 is 1.15 bits per heavy atom. The van der Waals surface area contributed by atoms with Crippen LogP contribution in [0.4, 0.5) is 17.3 Å².